The van der Waals surface area contributed by atoms with Crippen molar-refractivity contribution < 1.29 is 19.0 Å². The molecule has 0 amide bonds. The lowest BCUT2D eigenvalue weighted by molar-refractivity contribution is 0.0680. The quantitative estimate of drug-likeness (QED) is 0.150. The van der Waals surface area contributed by atoms with Crippen molar-refractivity contribution in [3.8, 4) is 0 Å². The summed E-state index contributed by atoms with van der Waals surface area (Å²) in [5.74, 6) is 0. The number of aliphatic hydroxyl groups is 1. The van der Waals surface area contributed by atoms with Crippen LogP contribution in [0, 0.1) is 0 Å². The zero-order valence-corrected chi connectivity index (χ0v) is 16.5. The third-order valence-electron chi connectivity index (χ3n) is 3.99. The first-order chi connectivity index (χ1) is 11.5. The van der Waals surface area contributed by atoms with E-state index in [0.29, 0.717) is 0 Å². The van der Waals surface area contributed by atoms with Crippen LogP contribution in [0.15, 0.2) is 12.2 Å². The molecule has 24 heavy (non-hydrogen) atoms. The molecule has 0 heterocycles. The Labute approximate surface area is 149 Å². The summed E-state index contributed by atoms with van der Waals surface area (Å²) in [7, 11) is -0.485. The molecule has 0 aromatic heterocycles. The first kappa shape index (κ1) is 24.0. The molecule has 0 aromatic rings. The van der Waals surface area contributed by atoms with Gasteiger partial charge in [-0.15, -0.1) is 0 Å². The number of unbranched alkanes of at least 4 members (excludes halogenated alkanes) is 10. The van der Waals surface area contributed by atoms with Gasteiger partial charge in [-0.1, -0.05) is 70.8 Å². The summed E-state index contributed by atoms with van der Waals surface area (Å²) in [5, 5.41) is 9.96. The van der Waals surface area contributed by atoms with Gasteiger partial charge in [-0.05, 0) is 18.9 Å². The molecule has 0 radical (unpaired) electrons. The lowest BCUT2D eigenvalue weighted by atomic mass is 10.1. The fraction of sp³-hybridized carbons (Fsp3) is 0.889. The van der Waals surface area contributed by atoms with Gasteiger partial charge in [-0.3, -0.25) is 0 Å². The minimum Gasteiger partial charge on any atom is -0.372 e. The molecule has 0 aliphatic heterocycles. The van der Waals surface area contributed by atoms with Gasteiger partial charge in [0.25, 0.3) is 0 Å². The van der Waals surface area contributed by atoms with Crippen molar-refractivity contribution in [2.75, 3.05) is 13.7 Å². The van der Waals surface area contributed by atoms with Crippen LogP contribution in [0.4, 0.5) is 0 Å². The molecule has 0 fully saturated rings. The molecule has 0 aliphatic rings. The molecule has 0 bridgehead atoms. The van der Waals surface area contributed by atoms with Crippen LogP contribution in [0.3, 0.4) is 0 Å². The minimum atomic E-state index is -1.85. The van der Waals surface area contributed by atoms with Gasteiger partial charge in [-0.25, -0.2) is 0 Å². The van der Waals surface area contributed by atoms with E-state index in [1.807, 2.05) is 6.08 Å². The van der Waals surface area contributed by atoms with Crippen LogP contribution in [0.5, 0.6) is 0 Å². The molecule has 0 aliphatic carbocycles. The van der Waals surface area contributed by atoms with Crippen LogP contribution in [-0.2, 0) is 9.05 Å². The van der Waals surface area contributed by atoms with Crippen LogP contribution in [0.25, 0.3) is 0 Å². The van der Waals surface area contributed by atoms with E-state index in [0.717, 1.165) is 12.8 Å². The summed E-state index contributed by atoms with van der Waals surface area (Å²) in [6.45, 7) is 2.41. The molecule has 0 saturated heterocycles. The highest BCUT2D eigenvalue weighted by atomic mass is 31.2. The van der Waals surface area contributed by atoms with Crippen molar-refractivity contribution in [1.82, 2.24) is 0 Å². The van der Waals surface area contributed by atoms with Gasteiger partial charge in [0.15, 0.2) is 0 Å². The van der Waals surface area contributed by atoms with Crippen molar-refractivity contribution in [3.05, 3.63) is 12.2 Å². The second-order valence-corrected chi connectivity index (χ2v) is 7.47. The Hall–Kier alpha value is -0.0300. The van der Waals surface area contributed by atoms with Crippen LogP contribution in [-0.4, -0.2) is 29.4 Å². The highest BCUT2D eigenvalue weighted by molar-refractivity contribution is 7.40. The van der Waals surface area contributed by atoms with Gasteiger partial charge in [0.2, 0.25) is 0 Å². The molecule has 144 valence electrons. The summed E-state index contributed by atoms with van der Waals surface area (Å²) < 4.78 is 9.56. The third kappa shape index (κ3) is 16.8. The second-order valence-electron chi connectivity index (χ2n) is 6.37. The summed E-state index contributed by atoms with van der Waals surface area (Å²) in [4.78, 5) is 9.12. The molecule has 4 N–H and O–H groups in total. The molecular weight excluding hydrogens is 325 g/mol. The Kier molecular flexibility index (Phi) is 16.4. The lowest BCUT2D eigenvalue weighted by Crippen LogP contribution is -2.38. The Balaban J connectivity index is 3.46. The average Bonchev–Trinajstić information content (AvgIpc) is 2.55. The van der Waals surface area contributed by atoms with Crippen molar-refractivity contribution in [1.29, 1.82) is 0 Å². The highest BCUT2D eigenvalue weighted by Gasteiger charge is 2.17. The van der Waals surface area contributed by atoms with Crippen molar-refractivity contribution in [2.45, 2.75) is 89.7 Å². The minimum absolute atomic E-state index is 0.158. The van der Waals surface area contributed by atoms with Crippen LogP contribution in [0.1, 0.15) is 84.0 Å². The van der Waals surface area contributed by atoms with E-state index in [-0.39, 0.29) is 13.0 Å². The molecule has 0 saturated carbocycles. The summed E-state index contributed by atoms with van der Waals surface area (Å²) in [5.41, 5.74) is 4.36. The first-order valence-electron chi connectivity index (χ1n) is 9.37. The largest absolute Gasteiger partial charge is 0.372 e. The highest BCUT2D eigenvalue weighted by Crippen LogP contribution is 2.31. The van der Waals surface area contributed by atoms with Gasteiger partial charge >= 0.3 is 8.60 Å². The molecule has 6 heteroatoms. The summed E-state index contributed by atoms with van der Waals surface area (Å²) in [6, 6.07) is 0. The second kappa shape index (κ2) is 16.4. The first-order valence-corrected chi connectivity index (χ1v) is 10.5. The van der Waals surface area contributed by atoms with Crippen molar-refractivity contribution in [2.24, 2.45) is 5.73 Å². The fourth-order valence-electron chi connectivity index (χ4n) is 2.46. The number of hydrogen-bond acceptors (Lipinski definition) is 5. The SMILES string of the molecule is CCCCCCCCCCCC/C=C/[C@@](N)(O)CCOP(O)OC. The van der Waals surface area contributed by atoms with E-state index >= 15 is 0 Å². The maximum atomic E-state index is 9.96. The molecular formula is C18H38NO4P. The lowest BCUT2D eigenvalue weighted by Gasteiger charge is -2.19. The molecule has 2 atom stereocenters. The van der Waals surface area contributed by atoms with Crippen molar-refractivity contribution >= 4 is 8.60 Å². The molecule has 1 unspecified atom stereocenters. The van der Waals surface area contributed by atoms with E-state index in [1.165, 1.54) is 64.9 Å². The number of hydrogen-bond donors (Lipinski definition) is 3. The molecule has 5 nitrogen and oxygen atoms in total. The van der Waals surface area contributed by atoms with Crippen LogP contribution >= 0.6 is 8.60 Å². The Morgan fingerprint density at radius 3 is 2.08 bits per heavy atom. The van der Waals surface area contributed by atoms with E-state index < -0.39 is 14.3 Å². The molecule has 0 spiro atoms. The fourth-order valence-corrected chi connectivity index (χ4v) is 2.81. The van der Waals surface area contributed by atoms with Crippen molar-refractivity contribution in [3.63, 3.8) is 0 Å². The van der Waals surface area contributed by atoms with Gasteiger partial charge < -0.3 is 24.8 Å². The normalized spacial score (nSPS) is 15.7. The maximum Gasteiger partial charge on any atom is 0.329 e. The monoisotopic (exact) mass is 363 g/mol. The van der Waals surface area contributed by atoms with Gasteiger partial charge in [0.05, 0.1) is 6.61 Å². The smallest absolute Gasteiger partial charge is 0.329 e. The Morgan fingerprint density at radius 1 is 1.00 bits per heavy atom. The zero-order valence-electron chi connectivity index (χ0n) is 15.6. The maximum absolute atomic E-state index is 9.96. The van der Waals surface area contributed by atoms with Gasteiger partial charge in [-0.2, -0.15) is 0 Å². The molecule has 0 rings (SSSR count). The Morgan fingerprint density at radius 2 is 1.54 bits per heavy atom. The van der Waals surface area contributed by atoms with E-state index in [1.54, 1.807) is 6.08 Å². The zero-order chi connectivity index (χ0) is 18.1. The predicted molar refractivity (Wildman–Crippen MR) is 101 cm³/mol. The molecule has 0 aromatic carbocycles. The van der Waals surface area contributed by atoms with Crippen LogP contribution < -0.4 is 5.73 Å². The van der Waals surface area contributed by atoms with E-state index in [2.05, 4.69) is 11.4 Å². The predicted octanol–water partition coefficient (Wildman–Crippen LogP) is 4.77. The summed E-state index contributed by atoms with van der Waals surface area (Å²) in [6.07, 6.45) is 17.9. The number of rotatable bonds is 17. The number of allylic oxidation sites excluding steroid dienone is 1. The number of nitrogens with two attached hydrogens (primary N) is 1. The Bertz CT molecular complexity index is 301. The van der Waals surface area contributed by atoms with Gasteiger partial charge in [0, 0.05) is 13.5 Å². The third-order valence-corrected chi connectivity index (χ3v) is 4.71. The van der Waals surface area contributed by atoms with Crippen LogP contribution in [0.2, 0.25) is 0 Å². The van der Waals surface area contributed by atoms with E-state index in [9.17, 15) is 5.11 Å². The topological polar surface area (TPSA) is 84.9 Å². The summed E-state index contributed by atoms with van der Waals surface area (Å²) >= 11 is 0. The average molecular weight is 363 g/mol. The standard InChI is InChI=1S/C18H38NO4P/c1-3-4-5-6-7-8-9-10-11-12-13-14-15-18(19,20)16-17-23-24(21)22-2/h14-15,20-21H,3-13,16-17,19H2,1-2H3/b15-14+/t18-,24?/m1/s1. The van der Waals surface area contributed by atoms with Gasteiger partial charge in [0.1, 0.15) is 5.72 Å². The van der Waals surface area contributed by atoms with E-state index in [4.69, 9.17) is 15.2 Å².